The molecule has 0 aromatic heterocycles. The van der Waals surface area contributed by atoms with Crippen LogP contribution in [-0.4, -0.2) is 12.4 Å². The lowest BCUT2D eigenvalue weighted by Crippen LogP contribution is -2.21. The van der Waals surface area contributed by atoms with Crippen molar-refractivity contribution in [1.82, 2.24) is 5.32 Å². The van der Waals surface area contributed by atoms with E-state index in [0.717, 1.165) is 18.5 Å². The normalized spacial score (nSPS) is 12.0. The highest BCUT2D eigenvalue weighted by atomic mass is 35.5. The van der Waals surface area contributed by atoms with Crippen molar-refractivity contribution in [2.75, 3.05) is 12.4 Å². The van der Waals surface area contributed by atoms with Crippen LogP contribution < -0.4 is 5.32 Å². The zero-order valence-electron chi connectivity index (χ0n) is 7.91. The molecule has 1 N–H and O–H groups in total. The number of hydrogen-bond acceptors (Lipinski definition) is 2. The van der Waals surface area contributed by atoms with Crippen LogP contribution in [0.1, 0.15) is 18.0 Å². The zero-order chi connectivity index (χ0) is 10.2. The molecule has 0 saturated carbocycles. The zero-order valence-corrected chi connectivity index (χ0v) is 8.67. The van der Waals surface area contributed by atoms with E-state index in [0.29, 0.717) is 5.88 Å². The van der Waals surface area contributed by atoms with Gasteiger partial charge in [-0.25, -0.2) is 0 Å². The molecule has 1 aromatic carbocycles. The van der Waals surface area contributed by atoms with Crippen LogP contribution in [0.2, 0.25) is 0 Å². The van der Waals surface area contributed by atoms with Crippen molar-refractivity contribution in [3.8, 4) is 6.07 Å². The monoisotopic (exact) mass is 208 g/mol. The summed E-state index contributed by atoms with van der Waals surface area (Å²) in [6, 6.07) is 11.7. The van der Waals surface area contributed by atoms with E-state index in [2.05, 4.69) is 11.4 Å². The van der Waals surface area contributed by atoms with E-state index in [9.17, 15) is 0 Å². The van der Waals surface area contributed by atoms with Crippen LogP contribution in [0.4, 0.5) is 0 Å². The van der Waals surface area contributed by atoms with Crippen molar-refractivity contribution < 1.29 is 0 Å². The van der Waals surface area contributed by atoms with E-state index in [4.69, 9.17) is 16.9 Å². The second kappa shape index (κ2) is 6.42. The lowest BCUT2D eigenvalue weighted by molar-refractivity contribution is 0.623. The molecule has 0 aliphatic carbocycles. The Morgan fingerprint density at radius 1 is 1.36 bits per heavy atom. The molecule has 14 heavy (non-hydrogen) atoms. The van der Waals surface area contributed by atoms with Gasteiger partial charge in [-0.3, -0.25) is 5.32 Å². The summed E-state index contributed by atoms with van der Waals surface area (Å²) >= 11 is 5.55. The Morgan fingerprint density at radius 2 is 2.07 bits per heavy atom. The maximum absolute atomic E-state index is 8.93. The molecular formula is C11H13ClN2. The minimum Gasteiger partial charge on any atom is -0.298 e. The quantitative estimate of drug-likeness (QED) is 0.596. The van der Waals surface area contributed by atoms with Crippen LogP contribution >= 0.6 is 11.6 Å². The number of nitrogens with zero attached hydrogens (tertiary/aromatic N) is 1. The van der Waals surface area contributed by atoms with Crippen molar-refractivity contribution in [1.29, 1.82) is 5.26 Å². The molecule has 74 valence electrons. The van der Waals surface area contributed by atoms with Gasteiger partial charge in [-0.15, -0.1) is 11.6 Å². The molecule has 0 heterocycles. The Hall–Kier alpha value is -1.04. The van der Waals surface area contributed by atoms with Crippen molar-refractivity contribution >= 4 is 11.6 Å². The molecule has 0 bridgehead atoms. The first-order valence-electron chi connectivity index (χ1n) is 4.62. The molecule has 0 spiro atoms. The number of benzene rings is 1. The highest BCUT2D eigenvalue weighted by molar-refractivity contribution is 6.17. The average molecular weight is 209 g/mol. The standard InChI is InChI=1S/C11H13ClN2/c12-7-4-8-14-11(9-13)10-5-2-1-3-6-10/h1-3,5-6,11,14H,4,7-8H2. The van der Waals surface area contributed by atoms with Crippen molar-refractivity contribution in [2.45, 2.75) is 12.5 Å². The highest BCUT2D eigenvalue weighted by Crippen LogP contribution is 2.10. The van der Waals surface area contributed by atoms with E-state index in [1.807, 2.05) is 30.3 Å². The number of nitrogens with one attached hydrogen (secondary N) is 1. The fourth-order valence-electron chi connectivity index (χ4n) is 1.20. The number of halogens is 1. The first-order chi connectivity index (χ1) is 6.88. The van der Waals surface area contributed by atoms with E-state index < -0.39 is 0 Å². The molecule has 0 fully saturated rings. The maximum atomic E-state index is 8.93. The maximum Gasteiger partial charge on any atom is 0.121 e. The van der Waals surface area contributed by atoms with Gasteiger partial charge in [0.1, 0.15) is 6.04 Å². The number of nitriles is 1. The molecule has 3 heteroatoms. The van der Waals surface area contributed by atoms with Crippen LogP contribution in [0.15, 0.2) is 30.3 Å². The Bertz CT molecular complexity index is 292. The van der Waals surface area contributed by atoms with E-state index in [-0.39, 0.29) is 6.04 Å². The van der Waals surface area contributed by atoms with Gasteiger partial charge in [0, 0.05) is 5.88 Å². The first-order valence-corrected chi connectivity index (χ1v) is 5.16. The molecule has 2 nitrogen and oxygen atoms in total. The molecule has 1 rings (SSSR count). The minimum atomic E-state index is -0.223. The predicted octanol–water partition coefficient (Wildman–Crippen LogP) is 2.47. The van der Waals surface area contributed by atoms with Crippen LogP contribution in [0.25, 0.3) is 0 Å². The number of alkyl halides is 1. The average Bonchev–Trinajstić information content (AvgIpc) is 2.26. The largest absolute Gasteiger partial charge is 0.298 e. The SMILES string of the molecule is N#CC(NCCCCl)c1ccccc1. The van der Waals surface area contributed by atoms with E-state index in [1.54, 1.807) is 0 Å². The Labute approximate surface area is 89.5 Å². The second-order valence-corrected chi connectivity index (χ2v) is 3.35. The van der Waals surface area contributed by atoms with Crippen molar-refractivity contribution in [3.63, 3.8) is 0 Å². The smallest absolute Gasteiger partial charge is 0.121 e. The molecule has 0 aliphatic rings. The molecule has 0 radical (unpaired) electrons. The third kappa shape index (κ3) is 3.37. The van der Waals surface area contributed by atoms with E-state index >= 15 is 0 Å². The van der Waals surface area contributed by atoms with Gasteiger partial charge in [0.2, 0.25) is 0 Å². The van der Waals surface area contributed by atoms with E-state index in [1.165, 1.54) is 0 Å². The molecule has 1 atom stereocenters. The van der Waals surface area contributed by atoms with Crippen LogP contribution in [0.3, 0.4) is 0 Å². The van der Waals surface area contributed by atoms with Gasteiger partial charge in [0.15, 0.2) is 0 Å². The molecule has 1 aromatic rings. The number of hydrogen-bond donors (Lipinski definition) is 1. The molecule has 1 unspecified atom stereocenters. The lowest BCUT2D eigenvalue weighted by Gasteiger charge is -2.10. The van der Waals surface area contributed by atoms with Gasteiger partial charge in [-0.1, -0.05) is 30.3 Å². The summed E-state index contributed by atoms with van der Waals surface area (Å²) in [5.74, 6) is 0.625. The van der Waals surface area contributed by atoms with Crippen LogP contribution in [-0.2, 0) is 0 Å². The van der Waals surface area contributed by atoms with Gasteiger partial charge < -0.3 is 0 Å². The fourth-order valence-corrected chi connectivity index (χ4v) is 1.33. The summed E-state index contributed by atoms with van der Waals surface area (Å²) in [7, 11) is 0. The van der Waals surface area contributed by atoms with Gasteiger partial charge in [-0.2, -0.15) is 5.26 Å². The van der Waals surface area contributed by atoms with Crippen LogP contribution in [0.5, 0.6) is 0 Å². The summed E-state index contributed by atoms with van der Waals surface area (Å²) in [5.41, 5.74) is 1.00. The summed E-state index contributed by atoms with van der Waals surface area (Å²) in [5, 5.41) is 12.1. The van der Waals surface area contributed by atoms with Crippen molar-refractivity contribution in [3.05, 3.63) is 35.9 Å². The lowest BCUT2D eigenvalue weighted by atomic mass is 10.1. The first kappa shape index (κ1) is 11.0. The summed E-state index contributed by atoms with van der Waals surface area (Å²) < 4.78 is 0. The Kier molecular flexibility index (Phi) is 5.06. The second-order valence-electron chi connectivity index (χ2n) is 2.97. The molecule has 0 aliphatic heterocycles. The van der Waals surface area contributed by atoms with Gasteiger partial charge >= 0.3 is 0 Å². The third-order valence-electron chi connectivity index (χ3n) is 1.92. The van der Waals surface area contributed by atoms with Crippen LogP contribution in [0, 0.1) is 11.3 Å². The Morgan fingerprint density at radius 3 is 2.64 bits per heavy atom. The highest BCUT2D eigenvalue weighted by Gasteiger charge is 2.07. The number of rotatable bonds is 5. The third-order valence-corrected chi connectivity index (χ3v) is 2.19. The molecular weight excluding hydrogens is 196 g/mol. The molecule has 0 saturated heterocycles. The predicted molar refractivity (Wildman–Crippen MR) is 58.1 cm³/mol. The minimum absolute atomic E-state index is 0.223. The van der Waals surface area contributed by atoms with Gasteiger partial charge in [0.25, 0.3) is 0 Å². The van der Waals surface area contributed by atoms with Crippen molar-refractivity contribution in [2.24, 2.45) is 0 Å². The fraction of sp³-hybridized carbons (Fsp3) is 0.364. The van der Waals surface area contributed by atoms with Gasteiger partial charge in [-0.05, 0) is 18.5 Å². The van der Waals surface area contributed by atoms with Gasteiger partial charge in [0.05, 0.1) is 6.07 Å². The summed E-state index contributed by atoms with van der Waals surface area (Å²) in [4.78, 5) is 0. The summed E-state index contributed by atoms with van der Waals surface area (Å²) in [6.45, 7) is 0.774. The topological polar surface area (TPSA) is 35.8 Å². The molecule has 0 amide bonds. The Balaban J connectivity index is 2.52. The summed E-state index contributed by atoms with van der Waals surface area (Å²) in [6.07, 6.45) is 0.882.